The maximum absolute atomic E-state index is 10.4. The van der Waals surface area contributed by atoms with Crippen molar-refractivity contribution in [2.24, 2.45) is 0 Å². The molecule has 0 spiro atoms. The van der Waals surface area contributed by atoms with Crippen molar-refractivity contribution in [1.82, 2.24) is 4.90 Å². The van der Waals surface area contributed by atoms with Gasteiger partial charge >= 0.3 is 5.97 Å². The standard InChI is InChI=1S/C9H19NO3/c1-3-10(8-9(11)12)6-5-7-13-4-2/h3-8H2,1-2H3,(H,11,12). The molecule has 4 heteroatoms. The first-order valence-corrected chi connectivity index (χ1v) is 4.72. The molecule has 0 bridgehead atoms. The summed E-state index contributed by atoms with van der Waals surface area (Å²) in [6.45, 7) is 7.06. The lowest BCUT2D eigenvalue weighted by atomic mass is 10.4. The number of carboxylic acids is 1. The second-order valence-corrected chi connectivity index (χ2v) is 2.81. The molecule has 13 heavy (non-hydrogen) atoms. The quantitative estimate of drug-likeness (QED) is 0.574. The molecule has 0 aliphatic heterocycles. The molecule has 0 aliphatic rings. The predicted octanol–water partition coefficient (Wildman–Crippen LogP) is 0.820. The van der Waals surface area contributed by atoms with Gasteiger partial charge in [-0.2, -0.15) is 0 Å². The first-order chi connectivity index (χ1) is 6.20. The Morgan fingerprint density at radius 2 is 2.15 bits per heavy atom. The van der Waals surface area contributed by atoms with Crippen LogP contribution in [0.2, 0.25) is 0 Å². The molecular formula is C9H19NO3. The van der Waals surface area contributed by atoms with Crippen LogP contribution in [0.1, 0.15) is 20.3 Å². The summed E-state index contributed by atoms with van der Waals surface area (Å²) in [5, 5.41) is 8.54. The number of ether oxygens (including phenoxy) is 1. The van der Waals surface area contributed by atoms with Crippen LogP contribution in [-0.4, -0.2) is 48.8 Å². The van der Waals surface area contributed by atoms with Gasteiger partial charge in [-0.3, -0.25) is 9.69 Å². The van der Waals surface area contributed by atoms with E-state index in [9.17, 15) is 4.79 Å². The summed E-state index contributed by atoms with van der Waals surface area (Å²) in [6.07, 6.45) is 0.898. The van der Waals surface area contributed by atoms with Crippen LogP contribution in [0.5, 0.6) is 0 Å². The Kier molecular flexibility index (Phi) is 7.63. The number of rotatable bonds is 8. The van der Waals surface area contributed by atoms with Crippen LogP contribution in [0.4, 0.5) is 0 Å². The topological polar surface area (TPSA) is 49.8 Å². The Morgan fingerprint density at radius 3 is 2.62 bits per heavy atom. The lowest BCUT2D eigenvalue weighted by Crippen LogP contribution is -2.31. The van der Waals surface area contributed by atoms with Crippen LogP contribution in [0, 0.1) is 0 Å². The maximum atomic E-state index is 10.4. The van der Waals surface area contributed by atoms with Crippen molar-refractivity contribution in [1.29, 1.82) is 0 Å². The van der Waals surface area contributed by atoms with Crippen molar-refractivity contribution in [2.45, 2.75) is 20.3 Å². The van der Waals surface area contributed by atoms with Crippen LogP contribution in [0.25, 0.3) is 0 Å². The summed E-state index contributed by atoms with van der Waals surface area (Å²) in [5.41, 5.74) is 0. The maximum Gasteiger partial charge on any atom is 0.317 e. The normalized spacial score (nSPS) is 10.7. The van der Waals surface area contributed by atoms with Crippen molar-refractivity contribution in [3.63, 3.8) is 0 Å². The van der Waals surface area contributed by atoms with Crippen LogP contribution < -0.4 is 0 Å². The average molecular weight is 189 g/mol. The molecule has 0 fully saturated rings. The highest BCUT2D eigenvalue weighted by atomic mass is 16.5. The summed E-state index contributed by atoms with van der Waals surface area (Å²) in [4.78, 5) is 12.3. The van der Waals surface area contributed by atoms with E-state index in [0.717, 1.165) is 26.1 Å². The van der Waals surface area contributed by atoms with E-state index in [1.54, 1.807) is 0 Å². The minimum Gasteiger partial charge on any atom is -0.480 e. The van der Waals surface area contributed by atoms with Gasteiger partial charge in [0, 0.05) is 19.8 Å². The van der Waals surface area contributed by atoms with E-state index in [1.165, 1.54) is 0 Å². The second-order valence-electron chi connectivity index (χ2n) is 2.81. The summed E-state index contributed by atoms with van der Waals surface area (Å²) in [7, 11) is 0. The van der Waals surface area contributed by atoms with Gasteiger partial charge in [0.1, 0.15) is 0 Å². The SMILES string of the molecule is CCOCCCN(CC)CC(=O)O. The van der Waals surface area contributed by atoms with Crippen LogP contribution in [0.3, 0.4) is 0 Å². The summed E-state index contributed by atoms with van der Waals surface area (Å²) < 4.78 is 5.16. The van der Waals surface area contributed by atoms with Crippen molar-refractivity contribution >= 4 is 5.97 Å². The first kappa shape index (κ1) is 12.4. The fourth-order valence-corrected chi connectivity index (χ4v) is 1.07. The van der Waals surface area contributed by atoms with Gasteiger partial charge in [0.2, 0.25) is 0 Å². The van der Waals surface area contributed by atoms with E-state index in [1.807, 2.05) is 18.7 Å². The van der Waals surface area contributed by atoms with Crippen molar-refractivity contribution in [2.75, 3.05) is 32.8 Å². The molecule has 0 aromatic heterocycles. The molecule has 1 N–H and O–H groups in total. The number of hydrogen-bond donors (Lipinski definition) is 1. The number of carbonyl (C=O) groups is 1. The van der Waals surface area contributed by atoms with Gasteiger partial charge in [-0.1, -0.05) is 6.92 Å². The lowest BCUT2D eigenvalue weighted by Gasteiger charge is -2.17. The zero-order valence-electron chi connectivity index (χ0n) is 8.45. The number of carboxylic acid groups (broad SMARTS) is 1. The molecule has 0 rings (SSSR count). The van der Waals surface area contributed by atoms with E-state index in [2.05, 4.69) is 0 Å². The van der Waals surface area contributed by atoms with Crippen LogP contribution >= 0.6 is 0 Å². The van der Waals surface area contributed by atoms with Gasteiger partial charge in [-0.05, 0) is 19.9 Å². The Balaban J connectivity index is 3.42. The average Bonchev–Trinajstić information content (AvgIpc) is 2.09. The highest BCUT2D eigenvalue weighted by Crippen LogP contribution is 1.91. The molecule has 78 valence electrons. The van der Waals surface area contributed by atoms with Gasteiger partial charge in [0.15, 0.2) is 0 Å². The van der Waals surface area contributed by atoms with Gasteiger partial charge < -0.3 is 9.84 Å². The van der Waals surface area contributed by atoms with E-state index in [-0.39, 0.29) is 6.54 Å². The van der Waals surface area contributed by atoms with Gasteiger partial charge in [-0.15, -0.1) is 0 Å². The highest BCUT2D eigenvalue weighted by molar-refractivity contribution is 5.69. The van der Waals surface area contributed by atoms with E-state index in [4.69, 9.17) is 9.84 Å². The molecule has 0 aromatic rings. The highest BCUT2D eigenvalue weighted by Gasteiger charge is 2.05. The zero-order valence-corrected chi connectivity index (χ0v) is 8.45. The van der Waals surface area contributed by atoms with Crippen molar-refractivity contribution in [3.05, 3.63) is 0 Å². The number of aliphatic carboxylic acids is 1. The Hall–Kier alpha value is -0.610. The molecule has 0 atom stereocenters. The largest absolute Gasteiger partial charge is 0.480 e. The lowest BCUT2D eigenvalue weighted by molar-refractivity contribution is -0.138. The van der Waals surface area contributed by atoms with E-state index >= 15 is 0 Å². The monoisotopic (exact) mass is 189 g/mol. The molecule has 0 unspecified atom stereocenters. The molecular weight excluding hydrogens is 170 g/mol. The third-order valence-corrected chi connectivity index (χ3v) is 1.77. The minimum absolute atomic E-state index is 0.128. The molecule has 0 radical (unpaired) electrons. The van der Waals surface area contributed by atoms with E-state index in [0.29, 0.717) is 6.61 Å². The van der Waals surface area contributed by atoms with Gasteiger partial charge in [-0.25, -0.2) is 0 Å². The van der Waals surface area contributed by atoms with Crippen LogP contribution in [0.15, 0.2) is 0 Å². The number of hydrogen-bond acceptors (Lipinski definition) is 3. The van der Waals surface area contributed by atoms with Gasteiger partial charge in [0.25, 0.3) is 0 Å². The summed E-state index contributed by atoms with van der Waals surface area (Å²) in [5.74, 6) is -0.766. The van der Waals surface area contributed by atoms with E-state index < -0.39 is 5.97 Å². The molecule has 0 amide bonds. The van der Waals surface area contributed by atoms with Crippen molar-refractivity contribution < 1.29 is 14.6 Å². The Morgan fingerprint density at radius 1 is 1.46 bits per heavy atom. The summed E-state index contributed by atoms with van der Waals surface area (Å²) >= 11 is 0. The molecule has 0 aliphatic carbocycles. The second kappa shape index (κ2) is 8.01. The zero-order chi connectivity index (χ0) is 10.1. The summed E-state index contributed by atoms with van der Waals surface area (Å²) in [6, 6.07) is 0. The molecule has 0 saturated heterocycles. The van der Waals surface area contributed by atoms with Crippen LogP contribution in [-0.2, 0) is 9.53 Å². The molecule has 0 saturated carbocycles. The fourth-order valence-electron chi connectivity index (χ4n) is 1.07. The predicted molar refractivity (Wildman–Crippen MR) is 50.9 cm³/mol. The fraction of sp³-hybridized carbons (Fsp3) is 0.889. The molecule has 4 nitrogen and oxygen atoms in total. The Labute approximate surface area is 79.5 Å². The number of likely N-dealkylation sites (N-methyl/N-ethyl adjacent to an activating group) is 1. The van der Waals surface area contributed by atoms with Crippen molar-refractivity contribution in [3.8, 4) is 0 Å². The first-order valence-electron chi connectivity index (χ1n) is 4.72. The molecule has 0 aromatic carbocycles. The smallest absolute Gasteiger partial charge is 0.317 e. The molecule has 0 heterocycles. The minimum atomic E-state index is -0.766. The van der Waals surface area contributed by atoms with Gasteiger partial charge in [0.05, 0.1) is 6.54 Å². The number of nitrogens with zero attached hydrogens (tertiary/aromatic N) is 1. The third kappa shape index (κ3) is 7.74. The third-order valence-electron chi connectivity index (χ3n) is 1.77. The Bertz CT molecular complexity index is 139.